The number of hydrazone groups is 1. The lowest BCUT2D eigenvalue weighted by Gasteiger charge is -2.05. The Hall–Kier alpha value is -1.62. The molecule has 0 fully saturated rings. The highest BCUT2D eigenvalue weighted by atomic mass is 32.1. The summed E-state index contributed by atoms with van der Waals surface area (Å²) in [5.74, 6) is 0.843. The highest BCUT2D eigenvalue weighted by Crippen LogP contribution is 2.15. The van der Waals surface area contributed by atoms with Crippen molar-refractivity contribution in [2.75, 3.05) is 13.7 Å². The van der Waals surface area contributed by atoms with Gasteiger partial charge in [0, 0.05) is 6.54 Å². The van der Waals surface area contributed by atoms with Crippen LogP contribution < -0.4 is 15.5 Å². The van der Waals surface area contributed by atoms with Crippen LogP contribution in [0.3, 0.4) is 0 Å². The van der Waals surface area contributed by atoms with E-state index in [1.54, 1.807) is 13.3 Å². The van der Waals surface area contributed by atoms with E-state index in [4.69, 9.17) is 17.0 Å². The summed E-state index contributed by atoms with van der Waals surface area (Å²) in [4.78, 5) is 0. The zero-order chi connectivity index (χ0) is 12.7. The summed E-state index contributed by atoms with van der Waals surface area (Å²) in [7, 11) is 1.65. The number of hydrogen-bond acceptors (Lipinski definition) is 3. The molecule has 0 amide bonds. The van der Waals surface area contributed by atoms with Crippen LogP contribution in [0.4, 0.5) is 0 Å². The summed E-state index contributed by atoms with van der Waals surface area (Å²) in [5.41, 5.74) is 4.87. The van der Waals surface area contributed by atoms with Gasteiger partial charge in [0.1, 0.15) is 5.75 Å². The number of methoxy groups -OCH3 is 1. The molecule has 0 spiro atoms. The van der Waals surface area contributed by atoms with Crippen molar-refractivity contribution >= 4 is 23.5 Å². The fourth-order valence-corrected chi connectivity index (χ4v) is 1.48. The Kier molecular flexibility index (Phi) is 5.42. The van der Waals surface area contributed by atoms with Gasteiger partial charge >= 0.3 is 0 Å². The minimum absolute atomic E-state index is 0.523. The first kappa shape index (κ1) is 13.4. The normalized spacial score (nSPS) is 10.3. The molecule has 0 atom stereocenters. The van der Waals surface area contributed by atoms with Crippen molar-refractivity contribution in [1.29, 1.82) is 0 Å². The van der Waals surface area contributed by atoms with Gasteiger partial charge in [-0.2, -0.15) is 5.10 Å². The van der Waals surface area contributed by atoms with E-state index in [-0.39, 0.29) is 0 Å². The maximum atomic E-state index is 5.13. The van der Waals surface area contributed by atoms with Crippen molar-refractivity contribution in [3.8, 4) is 5.75 Å². The number of nitrogens with zero attached hydrogens (tertiary/aromatic N) is 1. The molecule has 0 aliphatic carbocycles. The van der Waals surface area contributed by atoms with Gasteiger partial charge in [0.05, 0.1) is 13.3 Å². The third kappa shape index (κ3) is 4.40. The molecule has 0 aliphatic rings. The lowest BCUT2D eigenvalue weighted by molar-refractivity contribution is 0.414. The maximum Gasteiger partial charge on any atom is 0.186 e. The summed E-state index contributed by atoms with van der Waals surface area (Å²) < 4.78 is 5.13. The molecule has 92 valence electrons. The average molecular weight is 251 g/mol. The van der Waals surface area contributed by atoms with E-state index in [9.17, 15) is 0 Å². The Labute approximate surface area is 107 Å². The third-order valence-electron chi connectivity index (χ3n) is 2.18. The number of ether oxygens (including phenoxy) is 1. The van der Waals surface area contributed by atoms with E-state index >= 15 is 0 Å². The molecule has 2 N–H and O–H groups in total. The first-order chi connectivity index (χ1) is 8.17. The molecular formula is C12H17N3OS. The first-order valence-corrected chi connectivity index (χ1v) is 5.79. The molecule has 0 saturated carbocycles. The van der Waals surface area contributed by atoms with E-state index in [2.05, 4.69) is 15.8 Å². The third-order valence-corrected chi connectivity index (χ3v) is 2.42. The zero-order valence-electron chi connectivity index (χ0n) is 10.3. The summed E-state index contributed by atoms with van der Waals surface area (Å²) in [5, 5.41) is 7.53. The van der Waals surface area contributed by atoms with Crippen LogP contribution >= 0.6 is 12.2 Å². The monoisotopic (exact) mass is 251 g/mol. The highest BCUT2D eigenvalue weighted by molar-refractivity contribution is 7.80. The SMILES string of the molecule is CCNC(=S)NN=Cc1ccc(OC)cc1C. The van der Waals surface area contributed by atoms with Gasteiger partial charge in [0.2, 0.25) is 0 Å². The van der Waals surface area contributed by atoms with Gasteiger partial charge in [-0.3, -0.25) is 5.43 Å². The minimum atomic E-state index is 0.523. The van der Waals surface area contributed by atoms with Crippen LogP contribution in [0.1, 0.15) is 18.1 Å². The summed E-state index contributed by atoms with van der Waals surface area (Å²) >= 11 is 4.98. The first-order valence-electron chi connectivity index (χ1n) is 5.39. The molecule has 0 aromatic heterocycles. The van der Waals surface area contributed by atoms with Crippen LogP contribution in [0.5, 0.6) is 5.75 Å². The molecule has 0 radical (unpaired) electrons. The Balaban J connectivity index is 2.62. The summed E-state index contributed by atoms with van der Waals surface area (Å²) in [6.45, 7) is 4.76. The largest absolute Gasteiger partial charge is 0.497 e. The second-order valence-corrected chi connectivity index (χ2v) is 3.86. The van der Waals surface area contributed by atoms with Crippen LogP contribution in [0, 0.1) is 6.92 Å². The van der Waals surface area contributed by atoms with Crippen LogP contribution in [-0.4, -0.2) is 25.0 Å². The van der Waals surface area contributed by atoms with Gasteiger partial charge in [0.15, 0.2) is 5.11 Å². The van der Waals surface area contributed by atoms with Gasteiger partial charge < -0.3 is 10.1 Å². The Bertz CT molecular complexity index is 418. The molecule has 1 aromatic rings. The molecule has 0 unspecified atom stereocenters. The van der Waals surface area contributed by atoms with E-state index < -0.39 is 0 Å². The van der Waals surface area contributed by atoms with Crippen molar-refractivity contribution < 1.29 is 4.74 Å². The molecule has 0 aliphatic heterocycles. The second kappa shape index (κ2) is 6.85. The fraction of sp³-hybridized carbons (Fsp3) is 0.333. The maximum absolute atomic E-state index is 5.13. The van der Waals surface area contributed by atoms with Crippen LogP contribution in [0.25, 0.3) is 0 Å². The lowest BCUT2D eigenvalue weighted by Crippen LogP contribution is -2.31. The minimum Gasteiger partial charge on any atom is -0.497 e. The van der Waals surface area contributed by atoms with Crippen molar-refractivity contribution in [1.82, 2.24) is 10.7 Å². The molecule has 17 heavy (non-hydrogen) atoms. The smallest absolute Gasteiger partial charge is 0.186 e. The Morgan fingerprint density at radius 3 is 2.88 bits per heavy atom. The Morgan fingerprint density at radius 2 is 2.29 bits per heavy atom. The van der Waals surface area contributed by atoms with Gasteiger partial charge in [-0.25, -0.2) is 0 Å². The molecule has 0 bridgehead atoms. The lowest BCUT2D eigenvalue weighted by atomic mass is 10.1. The standard InChI is InChI=1S/C12H17N3OS/c1-4-13-12(17)15-14-8-10-5-6-11(16-3)7-9(10)2/h5-8H,4H2,1-3H3,(H2,13,15,17). The zero-order valence-corrected chi connectivity index (χ0v) is 11.1. The number of aryl methyl sites for hydroxylation is 1. The fourth-order valence-electron chi connectivity index (χ4n) is 1.28. The summed E-state index contributed by atoms with van der Waals surface area (Å²) in [6, 6.07) is 5.82. The molecule has 0 saturated heterocycles. The number of benzene rings is 1. The van der Waals surface area contributed by atoms with E-state index in [1.807, 2.05) is 32.0 Å². The molecule has 0 heterocycles. The van der Waals surface area contributed by atoms with Crippen molar-refractivity contribution in [2.45, 2.75) is 13.8 Å². The molecule has 1 aromatic carbocycles. The molecule has 5 heteroatoms. The predicted molar refractivity (Wildman–Crippen MR) is 74.7 cm³/mol. The average Bonchev–Trinajstić information content (AvgIpc) is 2.31. The second-order valence-electron chi connectivity index (χ2n) is 3.45. The number of nitrogens with one attached hydrogen (secondary N) is 2. The summed E-state index contributed by atoms with van der Waals surface area (Å²) in [6.07, 6.45) is 1.73. The van der Waals surface area contributed by atoms with Crippen molar-refractivity contribution in [3.05, 3.63) is 29.3 Å². The number of rotatable bonds is 4. The molecule has 1 rings (SSSR count). The quantitative estimate of drug-likeness (QED) is 0.487. The molecular weight excluding hydrogens is 234 g/mol. The van der Waals surface area contributed by atoms with Crippen molar-refractivity contribution in [3.63, 3.8) is 0 Å². The van der Waals surface area contributed by atoms with Gasteiger partial charge in [0.25, 0.3) is 0 Å². The van der Waals surface area contributed by atoms with Gasteiger partial charge in [-0.15, -0.1) is 0 Å². The van der Waals surface area contributed by atoms with E-state index in [0.29, 0.717) is 5.11 Å². The Morgan fingerprint density at radius 1 is 1.53 bits per heavy atom. The van der Waals surface area contributed by atoms with Gasteiger partial charge in [-0.05, 0) is 55.4 Å². The van der Waals surface area contributed by atoms with Crippen molar-refractivity contribution in [2.24, 2.45) is 5.10 Å². The number of hydrogen-bond donors (Lipinski definition) is 2. The van der Waals surface area contributed by atoms with Crippen LogP contribution in [0.15, 0.2) is 23.3 Å². The van der Waals surface area contributed by atoms with Crippen LogP contribution in [0.2, 0.25) is 0 Å². The van der Waals surface area contributed by atoms with E-state index in [1.165, 1.54) is 0 Å². The highest BCUT2D eigenvalue weighted by Gasteiger charge is 1.97. The van der Waals surface area contributed by atoms with Crippen LogP contribution in [-0.2, 0) is 0 Å². The van der Waals surface area contributed by atoms with Gasteiger partial charge in [-0.1, -0.05) is 0 Å². The predicted octanol–water partition coefficient (Wildman–Crippen LogP) is 1.82. The van der Waals surface area contributed by atoms with E-state index in [0.717, 1.165) is 23.4 Å². The molecule has 4 nitrogen and oxygen atoms in total. The number of thiocarbonyl (C=S) groups is 1. The topological polar surface area (TPSA) is 45.7 Å².